The Morgan fingerprint density at radius 2 is 2.17 bits per heavy atom. The van der Waals surface area contributed by atoms with Crippen molar-refractivity contribution in [1.29, 1.82) is 5.26 Å². The van der Waals surface area contributed by atoms with Crippen molar-refractivity contribution >= 4 is 5.69 Å². The number of hydrogen-bond donors (Lipinski definition) is 1. The van der Waals surface area contributed by atoms with Crippen LogP contribution in [-0.2, 0) is 0 Å². The second kappa shape index (κ2) is 5.83. The Kier molecular flexibility index (Phi) is 4.16. The van der Waals surface area contributed by atoms with Gasteiger partial charge in [0, 0.05) is 19.2 Å². The third kappa shape index (κ3) is 2.80. The number of hydrogen-bond acceptors (Lipinski definition) is 3. The first-order chi connectivity index (χ1) is 8.77. The maximum Gasteiger partial charge on any atom is 0.143 e. The maximum absolute atomic E-state index is 13.6. The van der Waals surface area contributed by atoms with Crippen molar-refractivity contribution in [2.75, 3.05) is 18.1 Å². The summed E-state index contributed by atoms with van der Waals surface area (Å²) in [5.74, 6) is -0.456. The minimum atomic E-state index is -0.456. The Hall–Kier alpha value is -1.60. The number of rotatable bonds is 6. The summed E-state index contributed by atoms with van der Waals surface area (Å²) in [7, 11) is 0. The molecule has 0 unspecified atom stereocenters. The normalized spacial score (nSPS) is 14.3. The Morgan fingerprint density at radius 1 is 1.39 bits per heavy atom. The van der Waals surface area contributed by atoms with E-state index in [9.17, 15) is 4.39 Å². The van der Waals surface area contributed by atoms with Gasteiger partial charge in [0.2, 0.25) is 0 Å². The molecule has 0 amide bonds. The van der Waals surface area contributed by atoms with E-state index >= 15 is 0 Å². The van der Waals surface area contributed by atoms with E-state index in [0.29, 0.717) is 11.7 Å². The molecule has 0 spiro atoms. The molecular weight excluding hydrogens is 231 g/mol. The number of aliphatic hydroxyl groups is 1. The number of nitrogens with zero attached hydrogens (tertiary/aromatic N) is 2. The molecular formula is C14H17FN2O. The van der Waals surface area contributed by atoms with Gasteiger partial charge in [-0.15, -0.1) is 0 Å². The van der Waals surface area contributed by atoms with Gasteiger partial charge in [-0.3, -0.25) is 0 Å². The summed E-state index contributed by atoms with van der Waals surface area (Å²) >= 11 is 0. The lowest BCUT2D eigenvalue weighted by atomic mass is 10.1. The number of unbranched alkanes of at least 4 members (excludes halogenated alkanes) is 1. The van der Waals surface area contributed by atoms with Gasteiger partial charge in [0.25, 0.3) is 0 Å². The molecule has 1 N–H and O–H groups in total. The van der Waals surface area contributed by atoms with Crippen LogP contribution in [0.4, 0.5) is 10.1 Å². The molecule has 0 aromatic heterocycles. The molecule has 1 saturated carbocycles. The van der Waals surface area contributed by atoms with Crippen LogP contribution in [0.3, 0.4) is 0 Å². The Morgan fingerprint density at radius 3 is 2.78 bits per heavy atom. The Bertz CT molecular complexity index is 452. The van der Waals surface area contributed by atoms with E-state index in [1.807, 2.05) is 6.07 Å². The summed E-state index contributed by atoms with van der Waals surface area (Å²) in [4.78, 5) is 2.11. The number of aliphatic hydroxyl groups excluding tert-OH is 1. The third-order valence-electron chi connectivity index (χ3n) is 3.21. The molecule has 2 rings (SSSR count). The van der Waals surface area contributed by atoms with Gasteiger partial charge < -0.3 is 10.0 Å². The molecule has 1 aromatic carbocycles. The van der Waals surface area contributed by atoms with Crippen LogP contribution in [0, 0.1) is 17.1 Å². The van der Waals surface area contributed by atoms with Crippen LogP contribution >= 0.6 is 0 Å². The second-order valence-electron chi connectivity index (χ2n) is 4.60. The summed E-state index contributed by atoms with van der Waals surface area (Å²) in [6, 6.07) is 7.15. The SMILES string of the molecule is N#Cc1c(F)cccc1N(CCCCO)C1CC1. The van der Waals surface area contributed by atoms with Crippen molar-refractivity contribution in [2.24, 2.45) is 0 Å². The lowest BCUT2D eigenvalue weighted by molar-refractivity contribution is 0.285. The largest absolute Gasteiger partial charge is 0.396 e. The third-order valence-corrected chi connectivity index (χ3v) is 3.21. The smallest absolute Gasteiger partial charge is 0.143 e. The minimum Gasteiger partial charge on any atom is -0.396 e. The standard InChI is InChI=1S/C14H17FN2O/c15-13-4-3-5-14(12(13)10-16)17(11-6-7-11)8-1-2-9-18/h3-5,11,18H,1-2,6-9H2. The van der Waals surface area contributed by atoms with Crippen molar-refractivity contribution in [3.05, 3.63) is 29.6 Å². The zero-order valence-electron chi connectivity index (χ0n) is 10.3. The van der Waals surface area contributed by atoms with Crippen LogP contribution in [0.15, 0.2) is 18.2 Å². The minimum absolute atomic E-state index is 0.133. The number of benzene rings is 1. The summed E-state index contributed by atoms with van der Waals surface area (Å²) < 4.78 is 13.6. The summed E-state index contributed by atoms with van der Waals surface area (Å²) in [5.41, 5.74) is 0.825. The van der Waals surface area contributed by atoms with Gasteiger partial charge in [0.15, 0.2) is 0 Å². The van der Waals surface area contributed by atoms with Gasteiger partial charge in [-0.25, -0.2) is 4.39 Å². The highest BCUT2D eigenvalue weighted by molar-refractivity contribution is 5.61. The van der Waals surface area contributed by atoms with Crippen LogP contribution < -0.4 is 4.90 Å². The van der Waals surface area contributed by atoms with Gasteiger partial charge in [0.05, 0.1) is 5.69 Å². The summed E-state index contributed by atoms with van der Waals surface area (Å²) in [5, 5.41) is 17.9. The molecule has 0 aliphatic heterocycles. The number of anilines is 1. The molecule has 0 atom stereocenters. The van der Waals surface area contributed by atoms with E-state index in [1.54, 1.807) is 12.1 Å². The topological polar surface area (TPSA) is 47.3 Å². The first kappa shape index (κ1) is 12.8. The fourth-order valence-corrected chi connectivity index (χ4v) is 2.14. The van der Waals surface area contributed by atoms with Crippen molar-refractivity contribution < 1.29 is 9.50 Å². The molecule has 4 heteroatoms. The monoisotopic (exact) mass is 248 g/mol. The summed E-state index contributed by atoms with van der Waals surface area (Å²) in [6.45, 7) is 0.941. The molecule has 0 bridgehead atoms. The molecule has 0 saturated heterocycles. The van der Waals surface area contributed by atoms with Crippen LogP contribution in [0.25, 0.3) is 0 Å². The van der Waals surface area contributed by atoms with E-state index in [-0.39, 0.29) is 12.2 Å². The first-order valence-corrected chi connectivity index (χ1v) is 6.34. The summed E-state index contributed by atoms with van der Waals surface area (Å²) in [6.07, 6.45) is 3.79. The van der Waals surface area contributed by atoms with E-state index in [1.165, 1.54) is 6.07 Å². The zero-order valence-corrected chi connectivity index (χ0v) is 10.3. The maximum atomic E-state index is 13.6. The van der Waals surface area contributed by atoms with Crippen molar-refractivity contribution in [1.82, 2.24) is 0 Å². The molecule has 0 heterocycles. The van der Waals surface area contributed by atoms with E-state index in [0.717, 1.165) is 32.2 Å². The van der Waals surface area contributed by atoms with Gasteiger partial charge in [-0.1, -0.05) is 6.07 Å². The average molecular weight is 248 g/mol. The highest BCUT2D eigenvalue weighted by Gasteiger charge is 2.30. The fraction of sp³-hybridized carbons (Fsp3) is 0.500. The molecule has 1 fully saturated rings. The van der Waals surface area contributed by atoms with Crippen molar-refractivity contribution in [2.45, 2.75) is 31.7 Å². The quantitative estimate of drug-likeness (QED) is 0.786. The molecule has 3 nitrogen and oxygen atoms in total. The predicted octanol–water partition coefficient (Wildman–Crippen LogP) is 2.44. The number of nitriles is 1. The predicted molar refractivity (Wildman–Crippen MR) is 67.8 cm³/mol. The molecule has 96 valence electrons. The van der Waals surface area contributed by atoms with Crippen LogP contribution in [0.2, 0.25) is 0 Å². The second-order valence-corrected chi connectivity index (χ2v) is 4.60. The van der Waals surface area contributed by atoms with E-state index in [4.69, 9.17) is 10.4 Å². The Labute approximate surface area is 106 Å². The zero-order chi connectivity index (χ0) is 13.0. The molecule has 1 aromatic rings. The van der Waals surface area contributed by atoms with E-state index in [2.05, 4.69) is 4.90 Å². The number of halogens is 1. The lowest BCUT2D eigenvalue weighted by Gasteiger charge is -2.25. The molecule has 18 heavy (non-hydrogen) atoms. The van der Waals surface area contributed by atoms with Crippen LogP contribution in [0.5, 0.6) is 0 Å². The van der Waals surface area contributed by atoms with E-state index < -0.39 is 5.82 Å². The van der Waals surface area contributed by atoms with Gasteiger partial charge in [-0.2, -0.15) is 5.26 Å². The lowest BCUT2D eigenvalue weighted by Crippen LogP contribution is -2.28. The molecule has 1 aliphatic carbocycles. The molecule has 1 aliphatic rings. The first-order valence-electron chi connectivity index (χ1n) is 6.34. The fourth-order valence-electron chi connectivity index (χ4n) is 2.14. The van der Waals surface area contributed by atoms with Crippen molar-refractivity contribution in [3.63, 3.8) is 0 Å². The van der Waals surface area contributed by atoms with Gasteiger partial charge >= 0.3 is 0 Å². The highest BCUT2D eigenvalue weighted by atomic mass is 19.1. The van der Waals surface area contributed by atoms with Gasteiger partial charge in [0.1, 0.15) is 17.4 Å². The molecule has 0 radical (unpaired) electrons. The average Bonchev–Trinajstić information content (AvgIpc) is 3.19. The van der Waals surface area contributed by atoms with Crippen LogP contribution in [0.1, 0.15) is 31.2 Å². The van der Waals surface area contributed by atoms with Crippen LogP contribution in [-0.4, -0.2) is 24.3 Å². The van der Waals surface area contributed by atoms with Gasteiger partial charge in [-0.05, 0) is 37.8 Å². The van der Waals surface area contributed by atoms with Crippen molar-refractivity contribution in [3.8, 4) is 6.07 Å². The highest BCUT2D eigenvalue weighted by Crippen LogP contribution is 2.34. The Balaban J connectivity index is 2.20.